The van der Waals surface area contributed by atoms with Gasteiger partial charge in [0.2, 0.25) is 11.8 Å². The Bertz CT molecular complexity index is 691. The molecule has 1 aromatic carbocycles. The van der Waals surface area contributed by atoms with E-state index in [0.717, 1.165) is 25.0 Å². The standard InChI is InChI=1S/C18H24F2N4O3/c19-12-3-4-14(15(20)10-12)18(27)22-7-1-2-17(26)23-13-5-8-24(9-6-13)11-16(21)25/h3-4,10,13H,1-2,5-9,11H2,(H2,21,25)(H,22,27)(H,23,26). The highest BCUT2D eigenvalue weighted by molar-refractivity contribution is 5.94. The average molecular weight is 382 g/mol. The molecule has 0 spiro atoms. The van der Waals surface area contributed by atoms with Crippen molar-refractivity contribution in [2.45, 2.75) is 31.7 Å². The molecular formula is C18H24F2N4O3. The minimum Gasteiger partial charge on any atom is -0.369 e. The van der Waals surface area contributed by atoms with Gasteiger partial charge in [-0.05, 0) is 31.4 Å². The quantitative estimate of drug-likeness (QED) is 0.571. The minimum atomic E-state index is -0.923. The van der Waals surface area contributed by atoms with Gasteiger partial charge in [0.15, 0.2) is 0 Å². The fourth-order valence-electron chi connectivity index (χ4n) is 2.98. The lowest BCUT2D eigenvalue weighted by atomic mass is 10.0. The molecule has 0 atom stereocenters. The maximum atomic E-state index is 13.5. The number of hydrogen-bond acceptors (Lipinski definition) is 4. The van der Waals surface area contributed by atoms with Gasteiger partial charge in [-0.2, -0.15) is 0 Å². The van der Waals surface area contributed by atoms with Crippen molar-refractivity contribution in [3.05, 3.63) is 35.4 Å². The van der Waals surface area contributed by atoms with Crippen LogP contribution in [0.25, 0.3) is 0 Å². The van der Waals surface area contributed by atoms with Crippen LogP contribution in [0.3, 0.4) is 0 Å². The summed E-state index contributed by atoms with van der Waals surface area (Å²) < 4.78 is 26.3. The van der Waals surface area contributed by atoms with Gasteiger partial charge in [-0.25, -0.2) is 8.78 Å². The van der Waals surface area contributed by atoms with Crippen molar-refractivity contribution in [1.82, 2.24) is 15.5 Å². The molecule has 3 amide bonds. The first-order chi connectivity index (χ1) is 12.8. The fourth-order valence-corrected chi connectivity index (χ4v) is 2.98. The van der Waals surface area contributed by atoms with Crippen molar-refractivity contribution in [2.75, 3.05) is 26.2 Å². The third-order valence-electron chi connectivity index (χ3n) is 4.37. The maximum Gasteiger partial charge on any atom is 0.254 e. The summed E-state index contributed by atoms with van der Waals surface area (Å²) in [6.45, 7) is 1.84. The number of nitrogens with zero attached hydrogens (tertiary/aromatic N) is 1. The van der Waals surface area contributed by atoms with Crippen LogP contribution < -0.4 is 16.4 Å². The van der Waals surface area contributed by atoms with Gasteiger partial charge in [0, 0.05) is 38.2 Å². The second-order valence-corrected chi connectivity index (χ2v) is 6.57. The smallest absolute Gasteiger partial charge is 0.254 e. The molecular weight excluding hydrogens is 358 g/mol. The predicted octanol–water partition coefficient (Wildman–Crippen LogP) is 0.541. The summed E-state index contributed by atoms with van der Waals surface area (Å²) in [7, 11) is 0. The van der Waals surface area contributed by atoms with Gasteiger partial charge >= 0.3 is 0 Å². The molecule has 0 radical (unpaired) electrons. The van der Waals surface area contributed by atoms with Crippen molar-refractivity contribution in [3.8, 4) is 0 Å². The molecule has 1 heterocycles. The fraction of sp³-hybridized carbons (Fsp3) is 0.500. The van der Waals surface area contributed by atoms with E-state index in [1.807, 2.05) is 4.90 Å². The first kappa shape index (κ1) is 20.8. The van der Waals surface area contributed by atoms with Gasteiger partial charge in [-0.15, -0.1) is 0 Å². The van der Waals surface area contributed by atoms with Gasteiger partial charge < -0.3 is 16.4 Å². The summed E-state index contributed by atoms with van der Waals surface area (Å²) in [6.07, 6.45) is 2.13. The monoisotopic (exact) mass is 382 g/mol. The number of hydrogen-bond donors (Lipinski definition) is 3. The molecule has 1 saturated heterocycles. The van der Waals surface area contributed by atoms with E-state index in [-0.39, 0.29) is 42.9 Å². The SMILES string of the molecule is NC(=O)CN1CCC(NC(=O)CCCNC(=O)c2ccc(F)cc2F)CC1. The number of rotatable bonds is 8. The Morgan fingerprint density at radius 1 is 1.19 bits per heavy atom. The van der Waals surface area contributed by atoms with Crippen LogP contribution >= 0.6 is 0 Å². The summed E-state index contributed by atoms with van der Waals surface area (Å²) in [5.74, 6) is -2.80. The third kappa shape index (κ3) is 6.93. The Morgan fingerprint density at radius 3 is 2.52 bits per heavy atom. The highest BCUT2D eigenvalue weighted by Gasteiger charge is 2.21. The normalized spacial score (nSPS) is 15.3. The second-order valence-electron chi connectivity index (χ2n) is 6.57. The van der Waals surface area contributed by atoms with Crippen molar-refractivity contribution in [1.29, 1.82) is 0 Å². The van der Waals surface area contributed by atoms with Crippen molar-refractivity contribution < 1.29 is 23.2 Å². The first-order valence-electron chi connectivity index (χ1n) is 8.88. The Hall–Kier alpha value is -2.55. The number of nitrogens with two attached hydrogens (primary N) is 1. The molecule has 0 saturated carbocycles. The van der Waals surface area contributed by atoms with Crippen LogP contribution in [0, 0.1) is 11.6 Å². The van der Waals surface area contributed by atoms with E-state index in [1.54, 1.807) is 0 Å². The molecule has 1 aliphatic rings. The Kier molecular flexibility index (Phi) is 7.66. The molecule has 0 bridgehead atoms. The van der Waals surface area contributed by atoms with E-state index in [4.69, 9.17) is 5.73 Å². The lowest BCUT2D eigenvalue weighted by Crippen LogP contribution is -2.46. The van der Waals surface area contributed by atoms with E-state index in [0.29, 0.717) is 25.6 Å². The number of carbonyl (C=O) groups excluding carboxylic acids is 3. The lowest BCUT2D eigenvalue weighted by molar-refractivity contribution is -0.123. The van der Waals surface area contributed by atoms with Crippen LogP contribution in [-0.4, -0.2) is 54.8 Å². The van der Waals surface area contributed by atoms with Crippen LogP contribution in [0.15, 0.2) is 18.2 Å². The zero-order chi connectivity index (χ0) is 19.8. The summed E-state index contributed by atoms with van der Waals surface area (Å²) in [5.41, 5.74) is 4.93. The summed E-state index contributed by atoms with van der Waals surface area (Å²) in [6, 6.07) is 2.80. The molecule has 1 aliphatic heterocycles. The van der Waals surface area contributed by atoms with Gasteiger partial charge in [0.25, 0.3) is 5.91 Å². The summed E-state index contributed by atoms with van der Waals surface area (Å²) >= 11 is 0. The second kappa shape index (κ2) is 9.96. The van der Waals surface area contributed by atoms with Crippen molar-refractivity contribution >= 4 is 17.7 Å². The van der Waals surface area contributed by atoms with Crippen molar-refractivity contribution in [2.24, 2.45) is 5.73 Å². The number of nitrogens with one attached hydrogen (secondary N) is 2. The first-order valence-corrected chi connectivity index (χ1v) is 8.88. The van der Waals surface area contributed by atoms with E-state index in [2.05, 4.69) is 10.6 Å². The Balaban J connectivity index is 1.62. The number of benzene rings is 1. The van der Waals surface area contributed by atoms with Crippen LogP contribution in [-0.2, 0) is 9.59 Å². The zero-order valence-electron chi connectivity index (χ0n) is 15.0. The molecule has 27 heavy (non-hydrogen) atoms. The topological polar surface area (TPSA) is 105 Å². The van der Waals surface area contributed by atoms with Crippen LogP contribution in [0.1, 0.15) is 36.0 Å². The molecule has 1 fully saturated rings. The van der Waals surface area contributed by atoms with Crippen LogP contribution in [0.4, 0.5) is 8.78 Å². The molecule has 7 nitrogen and oxygen atoms in total. The predicted molar refractivity (Wildman–Crippen MR) is 94.7 cm³/mol. The number of piperidine rings is 1. The molecule has 2 rings (SSSR count). The van der Waals surface area contributed by atoms with Crippen molar-refractivity contribution in [3.63, 3.8) is 0 Å². The molecule has 1 aromatic rings. The van der Waals surface area contributed by atoms with Gasteiger partial charge in [-0.3, -0.25) is 19.3 Å². The van der Waals surface area contributed by atoms with Gasteiger partial charge in [0.05, 0.1) is 12.1 Å². The highest BCUT2D eigenvalue weighted by atomic mass is 19.1. The minimum absolute atomic E-state index is 0.0597. The highest BCUT2D eigenvalue weighted by Crippen LogP contribution is 2.11. The Labute approximate surface area is 156 Å². The number of primary amides is 1. The van der Waals surface area contributed by atoms with Crippen LogP contribution in [0.5, 0.6) is 0 Å². The number of carbonyl (C=O) groups is 3. The lowest BCUT2D eigenvalue weighted by Gasteiger charge is -2.31. The molecule has 4 N–H and O–H groups in total. The summed E-state index contributed by atoms with van der Waals surface area (Å²) in [5, 5.41) is 5.44. The number of likely N-dealkylation sites (tertiary alicyclic amines) is 1. The number of amides is 3. The van der Waals surface area contributed by atoms with E-state index in [9.17, 15) is 23.2 Å². The molecule has 0 unspecified atom stereocenters. The Morgan fingerprint density at radius 2 is 1.89 bits per heavy atom. The van der Waals surface area contributed by atoms with Gasteiger partial charge in [0.1, 0.15) is 11.6 Å². The number of halogens is 2. The molecule has 148 valence electrons. The van der Waals surface area contributed by atoms with E-state index >= 15 is 0 Å². The molecule has 0 aromatic heterocycles. The van der Waals surface area contributed by atoms with E-state index < -0.39 is 17.5 Å². The molecule has 0 aliphatic carbocycles. The van der Waals surface area contributed by atoms with Gasteiger partial charge in [-0.1, -0.05) is 0 Å². The maximum absolute atomic E-state index is 13.5. The largest absolute Gasteiger partial charge is 0.369 e. The third-order valence-corrected chi connectivity index (χ3v) is 4.37. The van der Waals surface area contributed by atoms with Crippen LogP contribution in [0.2, 0.25) is 0 Å². The molecule has 9 heteroatoms. The van der Waals surface area contributed by atoms with E-state index in [1.165, 1.54) is 0 Å². The summed E-state index contributed by atoms with van der Waals surface area (Å²) in [4.78, 5) is 36.6. The zero-order valence-corrected chi connectivity index (χ0v) is 15.0. The average Bonchev–Trinajstić information content (AvgIpc) is 2.60.